The predicted octanol–water partition coefficient (Wildman–Crippen LogP) is 2.46. The van der Waals surface area contributed by atoms with Gasteiger partial charge in [0.15, 0.2) is 5.69 Å². The van der Waals surface area contributed by atoms with Crippen molar-refractivity contribution < 1.29 is 18.0 Å². The Kier molecular flexibility index (Phi) is 4.59. The Balaban J connectivity index is 2.21. The van der Waals surface area contributed by atoms with Gasteiger partial charge in [0, 0.05) is 6.54 Å². The highest BCUT2D eigenvalue weighted by molar-refractivity contribution is 5.92. The molecule has 0 unspecified atom stereocenters. The van der Waals surface area contributed by atoms with E-state index in [1.807, 2.05) is 0 Å². The van der Waals surface area contributed by atoms with Crippen molar-refractivity contribution in [2.75, 3.05) is 13.1 Å². The summed E-state index contributed by atoms with van der Waals surface area (Å²) in [6.07, 6.45) is -2.12. The van der Waals surface area contributed by atoms with E-state index in [0.717, 1.165) is 6.20 Å². The van der Waals surface area contributed by atoms with E-state index < -0.39 is 18.6 Å². The van der Waals surface area contributed by atoms with Crippen LogP contribution in [0.2, 0.25) is 0 Å². The fourth-order valence-electron chi connectivity index (χ4n) is 1.80. The third kappa shape index (κ3) is 3.94. The first-order valence-corrected chi connectivity index (χ1v) is 6.35. The maximum absolute atomic E-state index is 12.5. The molecule has 1 heterocycles. The van der Waals surface area contributed by atoms with Crippen molar-refractivity contribution >= 4 is 5.91 Å². The van der Waals surface area contributed by atoms with Crippen molar-refractivity contribution in [3.05, 3.63) is 54.9 Å². The second kappa shape index (κ2) is 6.42. The van der Waals surface area contributed by atoms with Crippen LogP contribution in [0.25, 0.3) is 5.69 Å². The molecule has 0 spiro atoms. The van der Waals surface area contributed by atoms with Gasteiger partial charge in [-0.2, -0.15) is 23.1 Å². The van der Waals surface area contributed by atoms with Crippen molar-refractivity contribution in [1.82, 2.24) is 19.9 Å². The van der Waals surface area contributed by atoms with Gasteiger partial charge in [-0.1, -0.05) is 24.3 Å². The van der Waals surface area contributed by atoms with E-state index in [0.29, 0.717) is 10.6 Å². The van der Waals surface area contributed by atoms with Gasteiger partial charge in [-0.05, 0) is 12.1 Å². The van der Waals surface area contributed by atoms with Crippen molar-refractivity contribution in [3.63, 3.8) is 0 Å². The fourth-order valence-corrected chi connectivity index (χ4v) is 1.80. The van der Waals surface area contributed by atoms with Gasteiger partial charge in [0.1, 0.15) is 6.54 Å². The summed E-state index contributed by atoms with van der Waals surface area (Å²) in [4.78, 5) is 13.9. The molecule has 0 radical (unpaired) electrons. The van der Waals surface area contributed by atoms with Gasteiger partial charge in [0.25, 0.3) is 5.91 Å². The summed E-state index contributed by atoms with van der Waals surface area (Å²) in [6.45, 7) is 1.77. The van der Waals surface area contributed by atoms with E-state index in [-0.39, 0.29) is 12.2 Å². The average molecular weight is 310 g/mol. The number of hydrogen-bond acceptors (Lipinski definition) is 3. The zero-order valence-corrected chi connectivity index (χ0v) is 11.5. The molecular weight excluding hydrogens is 297 g/mol. The van der Waals surface area contributed by atoms with E-state index in [9.17, 15) is 18.0 Å². The van der Waals surface area contributed by atoms with Crippen LogP contribution in [0.4, 0.5) is 13.2 Å². The molecule has 116 valence electrons. The van der Waals surface area contributed by atoms with Crippen LogP contribution >= 0.6 is 0 Å². The molecule has 2 rings (SSSR count). The minimum absolute atomic E-state index is 0.157. The van der Waals surface area contributed by atoms with Gasteiger partial charge in [0.05, 0.1) is 11.9 Å². The predicted molar refractivity (Wildman–Crippen MR) is 73.5 cm³/mol. The topological polar surface area (TPSA) is 51.0 Å². The summed E-state index contributed by atoms with van der Waals surface area (Å²) in [7, 11) is 0. The molecule has 0 saturated heterocycles. The lowest BCUT2D eigenvalue weighted by molar-refractivity contribution is -0.139. The Morgan fingerprint density at radius 1 is 1.32 bits per heavy atom. The number of amides is 1. The third-order valence-corrected chi connectivity index (χ3v) is 2.70. The number of halogens is 3. The van der Waals surface area contributed by atoms with Crippen molar-refractivity contribution in [1.29, 1.82) is 0 Å². The lowest BCUT2D eigenvalue weighted by atomic mass is 10.3. The molecule has 1 aromatic carbocycles. The van der Waals surface area contributed by atoms with E-state index in [1.165, 1.54) is 10.9 Å². The number of aromatic nitrogens is 3. The molecule has 0 atom stereocenters. The SMILES string of the molecule is C=CCN(CC(F)(F)F)C(=O)c1cnn(-c2ccccc2)n1. The molecule has 0 fully saturated rings. The highest BCUT2D eigenvalue weighted by atomic mass is 19.4. The fraction of sp³-hybridized carbons (Fsp3) is 0.214. The molecule has 2 aromatic rings. The number of para-hydroxylation sites is 1. The molecule has 1 amide bonds. The van der Waals surface area contributed by atoms with E-state index >= 15 is 0 Å². The summed E-state index contributed by atoms with van der Waals surface area (Å²) in [5, 5.41) is 7.82. The van der Waals surface area contributed by atoms with E-state index in [1.54, 1.807) is 30.3 Å². The standard InChI is InChI=1S/C14H13F3N4O/c1-2-8-20(10-14(15,16)17)13(22)12-9-18-21(19-12)11-6-4-3-5-7-11/h2-7,9H,1,8,10H2. The molecule has 0 aliphatic rings. The third-order valence-electron chi connectivity index (χ3n) is 2.70. The molecule has 0 bridgehead atoms. The average Bonchev–Trinajstić information content (AvgIpc) is 2.95. The Bertz CT molecular complexity index is 652. The summed E-state index contributed by atoms with van der Waals surface area (Å²) in [5.74, 6) is -0.848. The smallest absolute Gasteiger partial charge is 0.324 e. The molecule has 0 saturated carbocycles. The molecule has 1 aromatic heterocycles. The largest absolute Gasteiger partial charge is 0.406 e. The molecule has 0 aliphatic heterocycles. The van der Waals surface area contributed by atoms with Gasteiger partial charge in [0.2, 0.25) is 0 Å². The molecule has 8 heteroatoms. The summed E-state index contributed by atoms with van der Waals surface area (Å²) < 4.78 is 37.5. The van der Waals surface area contributed by atoms with Gasteiger partial charge >= 0.3 is 6.18 Å². The lowest BCUT2D eigenvalue weighted by Gasteiger charge is -2.21. The molecular formula is C14H13F3N4O. The highest BCUT2D eigenvalue weighted by Gasteiger charge is 2.33. The summed E-state index contributed by atoms with van der Waals surface area (Å²) in [5.41, 5.74) is 0.447. The maximum atomic E-state index is 12.5. The number of benzene rings is 1. The van der Waals surface area contributed by atoms with Crippen LogP contribution in [0, 0.1) is 0 Å². The Hall–Kier alpha value is -2.64. The van der Waals surface area contributed by atoms with Crippen LogP contribution in [-0.4, -0.2) is 45.1 Å². The first-order chi connectivity index (χ1) is 10.4. The number of carbonyl (C=O) groups is 1. The van der Waals surface area contributed by atoms with E-state index in [4.69, 9.17) is 0 Å². The summed E-state index contributed by atoms with van der Waals surface area (Å²) >= 11 is 0. The molecule has 5 nitrogen and oxygen atoms in total. The van der Waals surface area contributed by atoms with Crippen molar-refractivity contribution in [2.45, 2.75) is 6.18 Å². The first-order valence-electron chi connectivity index (χ1n) is 6.35. The van der Waals surface area contributed by atoms with Gasteiger partial charge in [-0.15, -0.1) is 11.7 Å². The van der Waals surface area contributed by atoms with Crippen molar-refractivity contribution in [2.24, 2.45) is 0 Å². The minimum Gasteiger partial charge on any atom is -0.324 e. The van der Waals surface area contributed by atoms with Crippen LogP contribution in [0.1, 0.15) is 10.5 Å². The minimum atomic E-state index is -4.49. The zero-order valence-electron chi connectivity index (χ0n) is 11.5. The first kappa shape index (κ1) is 15.7. The highest BCUT2D eigenvalue weighted by Crippen LogP contribution is 2.17. The normalized spacial score (nSPS) is 11.2. The van der Waals surface area contributed by atoms with Crippen LogP contribution in [0.3, 0.4) is 0 Å². The number of hydrogen-bond donors (Lipinski definition) is 0. The summed E-state index contributed by atoms with van der Waals surface area (Å²) in [6, 6.07) is 8.74. The van der Waals surface area contributed by atoms with E-state index in [2.05, 4.69) is 16.8 Å². The molecule has 0 aliphatic carbocycles. The van der Waals surface area contributed by atoms with Gasteiger partial charge in [-0.3, -0.25) is 4.79 Å². The van der Waals surface area contributed by atoms with Gasteiger partial charge < -0.3 is 4.90 Å². The maximum Gasteiger partial charge on any atom is 0.406 e. The quantitative estimate of drug-likeness (QED) is 0.797. The lowest BCUT2D eigenvalue weighted by Crippen LogP contribution is -2.39. The number of alkyl halides is 3. The van der Waals surface area contributed by atoms with Crippen LogP contribution in [-0.2, 0) is 0 Å². The van der Waals surface area contributed by atoms with Crippen molar-refractivity contribution in [3.8, 4) is 5.69 Å². The number of rotatable bonds is 5. The molecule has 22 heavy (non-hydrogen) atoms. The Labute approximate surface area is 124 Å². The van der Waals surface area contributed by atoms with Crippen LogP contribution in [0.5, 0.6) is 0 Å². The second-order valence-electron chi connectivity index (χ2n) is 4.44. The monoisotopic (exact) mass is 310 g/mol. The number of nitrogens with zero attached hydrogens (tertiary/aromatic N) is 4. The van der Waals surface area contributed by atoms with Crippen LogP contribution in [0.15, 0.2) is 49.2 Å². The number of carbonyl (C=O) groups excluding carboxylic acids is 1. The van der Waals surface area contributed by atoms with Gasteiger partial charge in [-0.25, -0.2) is 0 Å². The second-order valence-corrected chi connectivity index (χ2v) is 4.44. The zero-order chi connectivity index (χ0) is 16.2. The molecule has 0 N–H and O–H groups in total. The van der Waals surface area contributed by atoms with Crippen LogP contribution < -0.4 is 0 Å². The Morgan fingerprint density at radius 2 is 2.00 bits per heavy atom. The Morgan fingerprint density at radius 3 is 2.59 bits per heavy atom.